The van der Waals surface area contributed by atoms with Gasteiger partial charge in [-0.1, -0.05) is 11.3 Å². The van der Waals surface area contributed by atoms with Gasteiger partial charge in [0, 0.05) is 43.9 Å². The fourth-order valence-electron chi connectivity index (χ4n) is 4.55. The highest BCUT2D eigenvalue weighted by atomic mass is 32.2. The van der Waals surface area contributed by atoms with E-state index in [9.17, 15) is 13.2 Å². The van der Waals surface area contributed by atoms with E-state index in [0.717, 1.165) is 10.2 Å². The molecule has 1 aromatic heterocycles. The maximum atomic E-state index is 13.7. The van der Waals surface area contributed by atoms with Crippen LogP contribution < -0.4 is 14.4 Å². The number of aromatic nitrogens is 1. The molecule has 3 aromatic rings. The van der Waals surface area contributed by atoms with Gasteiger partial charge in [-0.15, -0.1) is 0 Å². The van der Waals surface area contributed by atoms with Crippen LogP contribution in [0.4, 0.5) is 5.13 Å². The average molecular weight is 561 g/mol. The highest BCUT2D eigenvalue weighted by Gasteiger charge is 2.32. The number of fused-ring (bicyclic) bond motifs is 2. The van der Waals surface area contributed by atoms with E-state index in [2.05, 4.69) is 0 Å². The Balaban J connectivity index is 1.42. The molecule has 2 aromatic carbocycles. The Morgan fingerprint density at radius 1 is 1.03 bits per heavy atom. The molecule has 38 heavy (non-hydrogen) atoms. The van der Waals surface area contributed by atoms with E-state index < -0.39 is 10.0 Å². The number of likely N-dealkylation sites (N-methyl/N-ethyl adjacent to an activating group) is 1. The number of sulfonamides is 1. The molecule has 2 unspecified atom stereocenters. The van der Waals surface area contributed by atoms with Crippen molar-refractivity contribution in [1.29, 1.82) is 0 Å². The third kappa shape index (κ3) is 5.50. The number of amides is 1. The summed E-state index contributed by atoms with van der Waals surface area (Å²) in [6.07, 6.45) is -0.366. The molecule has 0 radical (unpaired) electrons. The molecule has 204 valence electrons. The normalized spacial score (nSPS) is 20.1. The molecule has 1 saturated heterocycles. The summed E-state index contributed by atoms with van der Waals surface area (Å²) in [5.41, 5.74) is 1.11. The lowest BCUT2D eigenvalue weighted by atomic mass is 10.2. The molecular formula is C26H32N4O6S2. The van der Waals surface area contributed by atoms with Gasteiger partial charge in [0.1, 0.15) is 13.2 Å². The molecule has 2 aliphatic rings. The topological polar surface area (TPSA) is 102 Å². The zero-order valence-corrected chi connectivity index (χ0v) is 23.5. The fourth-order valence-corrected chi connectivity index (χ4v) is 7.14. The SMILES string of the molecule is CC1CN(S(=O)(=O)c2ccc(C(=O)N(CCN(C)C)c3nc4cc5c(cc4s3)OCCO5)cc2)CC(C)O1. The van der Waals surface area contributed by atoms with Crippen LogP contribution in [-0.4, -0.2) is 94.2 Å². The van der Waals surface area contributed by atoms with E-state index >= 15 is 0 Å². The molecule has 1 amide bonds. The van der Waals surface area contributed by atoms with Gasteiger partial charge in [0.2, 0.25) is 10.0 Å². The van der Waals surface area contributed by atoms with Crippen LogP contribution in [0.5, 0.6) is 11.5 Å². The zero-order chi connectivity index (χ0) is 27.0. The number of morpholine rings is 1. The second-order valence-electron chi connectivity index (χ2n) is 9.82. The molecule has 0 N–H and O–H groups in total. The fraction of sp³-hybridized carbons (Fsp3) is 0.462. The Hall–Kier alpha value is -2.77. The highest BCUT2D eigenvalue weighted by Crippen LogP contribution is 2.39. The van der Waals surface area contributed by atoms with Crippen molar-refractivity contribution in [3.05, 3.63) is 42.0 Å². The lowest BCUT2D eigenvalue weighted by Gasteiger charge is -2.34. The molecule has 0 spiro atoms. The van der Waals surface area contributed by atoms with Gasteiger partial charge in [0.15, 0.2) is 16.6 Å². The first-order valence-corrected chi connectivity index (χ1v) is 14.8. The highest BCUT2D eigenvalue weighted by molar-refractivity contribution is 7.89. The third-order valence-corrected chi connectivity index (χ3v) is 9.30. The van der Waals surface area contributed by atoms with Crippen LogP contribution in [0.25, 0.3) is 10.2 Å². The van der Waals surface area contributed by atoms with Gasteiger partial charge in [0.25, 0.3) is 5.91 Å². The van der Waals surface area contributed by atoms with Crippen molar-refractivity contribution in [2.45, 2.75) is 31.0 Å². The van der Waals surface area contributed by atoms with Crippen molar-refractivity contribution in [3.8, 4) is 11.5 Å². The zero-order valence-electron chi connectivity index (χ0n) is 21.9. The standard InChI is InChI=1S/C26H32N4O6S2/c1-17-15-29(16-18(2)36-17)38(32,33)20-7-5-19(6-8-20)25(31)30(10-9-28(3)4)26-27-21-13-22-23(14-24(21)37-26)35-12-11-34-22/h5-8,13-14,17-18H,9-12,15-16H2,1-4H3. The molecular weight excluding hydrogens is 528 g/mol. The van der Waals surface area contributed by atoms with E-state index in [1.54, 1.807) is 17.0 Å². The van der Waals surface area contributed by atoms with Gasteiger partial charge in [0.05, 0.1) is 27.3 Å². The summed E-state index contributed by atoms with van der Waals surface area (Å²) in [5, 5.41) is 0.558. The first-order valence-electron chi connectivity index (χ1n) is 12.5. The molecule has 2 aliphatic heterocycles. The minimum Gasteiger partial charge on any atom is -0.486 e. The summed E-state index contributed by atoms with van der Waals surface area (Å²) in [6, 6.07) is 9.87. The number of anilines is 1. The lowest BCUT2D eigenvalue weighted by Crippen LogP contribution is -2.48. The maximum absolute atomic E-state index is 13.7. The Labute approximate surface area is 226 Å². The smallest absolute Gasteiger partial charge is 0.260 e. The molecule has 0 aliphatic carbocycles. The molecule has 12 heteroatoms. The minimum absolute atomic E-state index is 0.153. The van der Waals surface area contributed by atoms with Crippen LogP contribution in [0.15, 0.2) is 41.3 Å². The third-order valence-electron chi connectivity index (χ3n) is 6.41. The molecule has 5 rings (SSSR count). The average Bonchev–Trinajstić information content (AvgIpc) is 3.29. The van der Waals surface area contributed by atoms with Crippen molar-refractivity contribution < 1.29 is 27.4 Å². The lowest BCUT2D eigenvalue weighted by molar-refractivity contribution is -0.0440. The predicted octanol–water partition coefficient (Wildman–Crippen LogP) is 3.07. The number of hydrogen-bond acceptors (Lipinski definition) is 9. The Bertz CT molecular complexity index is 1370. The van der Waals surface area contributed by atoms with Crippen LogP contribution in [0, 0.1) is 0 Å². The summed E-state index contributed by atoms with van der Waals surface area (Å²) in [7, 11) is 0.180. The number of hydrogen-bond donors (Lipinski definition) is 0. The van der Waals surface area contributed by atoms with E-state index in [-0.39, 0.29) is 23.0 Å². The monoisotopic (exact) mass is 560 g/mol. The van der Waals surface area contributed by atoms with Gasteiger partial charge in [-0.3, -0.25) is 9.69 Å². The van der Waals surface area contributed by atoms with Gasteiger partial charge in [-0.2, -0.15) is 4.31 Å². The van der Waals surface area contributed by atoms with Gasteiger partial charge < -0.3 is 19.1 Å². The molecule has 10 nitrogen and oxygen atoms in total. The minimum atomic E-state index is -3.70. The summed E-state index contributed by atoms with van der Waals surface area (Å²) in [6.45, 7) is 6.34. The number of thiazole rings is 1. The van der Waals surface area contributed by atoms with Gasteiger partial charge in [-0.25, -0.2) is 13.4 Å². The molecule has 1 fully saturated rings. The Kier molecular flexibility index (Phi) is 7.60. The van der Waals surface area contributed by atoms with Crippen molar-refractivity contribution in [2.75, 3.05) is 58.4 Å². The van der Waals surface area contributed by atoms with E-state index in [1.165, 1.54) is 27.8 Å². The number of carbonyl (C=O) groups is 1. The van der Waals surface area contributed by atoms with Gasteiger partial charge >= 0.3 is 0 Å². The van der Waals surface area contributed by atoms with Crippen molar-refractivity contribution >= 4 is 42.6 Å². The van der Waals surface area contributed by atoms with Gasteiger partial charge in [-0.05, 0) is 52.2 Å². The second kappa shape index (κ2) is 10.8. The largest absolute Gasteiger partial charge is 0.486 e. The number of rotatable bonds is 7. The Morgan fingerprint density at radius 2 is 1.66 bits per heavy atom. The number of carbonyl (C=O) groups excluding carboxylic acids is 1. The Morgan fingerprint density at radius 3 is 2.29 bits per heavy atom. The first-order chi connectivity index (χ1) is 18.1. The van der Waals surface area contributed by atoms with Crippen molar-refractivity contribution in [3.63, 3.8) is 0 Å². The summed E-state index contributed by atoms with van der Waals surface area (Å²) < 4.78 is 45.9. The maximum Gasteiger partial charge on any atom is 0.260 e. The molecule has 0 bridgehead atoms. The number of benzene rings is 2. The quantitative estimate of drug-likeness (QED) is 0.435. The predicted molar refractivity (Wildman–Crippen MR) is 146 cm³/mol. The molecule has 3 heterocycles. The van der Waals surface area contributed by atoms with Crippen LogP contribution >= 0.6 is 11.3 Å². The van der Waals surface area contributed by atoms with Crippen LogP contribution in [0.2, 0.25) is 0 Å². The van der Waals surface area contributed by atoms with Crippen molar-refractivity contribution in [1.82, 2.24) is 14.2 Å². The van der Waals surface area contributed by atoms with E-state index in [0.29, 0.717) is 61.6 Å². The second-order valence-corrected chi connectivity index (χ2v) is 12.8. The molecule has 0 saturated carbocycles. The summed E-state index contributed by atoms with van der Waals surface area (Å²) in [4.78, 5) is 22.2. The van der Waals surface area contributed by atoms with Crippen LogP contribution in [0.1, 0.15) is 24.2 Å². The van der Waals surface area contributed by atoms with Crippen LogP contribution in [0.3, 0.4) is 0 Å². The number of nitrogens with zero attached hydrogens (tertiary/aromatic N) is 4. The number of ether oxygens (including phenoxy) is 3. The van der Waals surface area contributed by atoms with Crippen LogP contribution in [-0.2, 0) is 14.8 Å². The summed E-state index contributed by atoms with van der Waals surface area (Å²) >= 11 is 1.40. The molecule has 2 atom stereocenters. The van der Waals surface area contributed by atoms with E-state index in [1.807, 2.05) is 45.0 Å². The summed E-state index contributed by atoms with van der Waals surface area (Å²) in [5.74, 6) is 1.07. The van der Waals surface area contributed by atoms with E-state index in [4.69, 9.17) is 19.2 Å². The first kappa shape index (κ1) is 26.8. The van der Waals surface area contributed by atoms with Crippen molar-refractivity contribution in [2.24, 2.45) is 0 Å².